The summed E-state index contributed by atoms with van der Waals surface area (Å²) in [6.07, 6.45) is 0.337. The lowest BCUT2D eigenvalue weighted by molar-refractivity contribution is -0.115. The number of carbonyl (C=O) groups excluding carboxylic acids is 1. The Balaban J connectivity index is 2.04. The summed E-state index contributed by atoms with van der Waals surface area (Å²) in [5.74, 6) is -0.0741. The Morgan fingerprint density at radius 1 is 1.15 bits per heavy atom. The molecular weight excluding hydrogens is 272 g/mol. The van der Waals surface area contributed by atoms with Gasteiger partial charge in [0.2, 0.25) is 5.91 Å². The third kappa shape index (κ3) is 3.52. The number of benzene rings is 2. The number of aryl methyl sites for hydroxylation is 2. The molecule has 4 heteroatoms. The van der Waals surface area contributed by atoms with Crippen LogP contribution in [0.2, 0.25) is 5.02 Å². The second-order valence-electron chi connectivity index (χ2n) is 4.88. The highest BCUT2D eigenvalue weighted by molar-refractivity contribution is 6.33. The topological polar surface area (TPSA) is 55.1 Å². The van der Waals surface area contributed by atoms with Gasteiger partial charge in [0, 0.05) is 5.69 Å². The summed E-state index contributed by atoms with van der Waals surface area (Å²) >= 11 is 5.84. The molecule has 3 N–H and O–H groups in total. The SMILES string of the molecule is Cc1ccc(CC(=O)Nc2ccc(Cl)c(N)c2)cc1C. The van der Waals surface area contributed by atoms with Crippen LogP contribution < -0.4 is 11.1 Å². The van der Waals surface area contributed by atoms with Gasteiger partial charge in [0.25, 0.3) is 0 Å². The Labute approximate surface area is 123 Å². The predicted molar refractivity (Wildman–Crippen MR) is 84.1 cm³/mol. The Morgan fingerprint density at radius 2 is 1.90 bits per heavy atom. The van der Waals surface area contributed by atoms with Gasteiger partial charge < -0.3 is 11.1 Å². The lowest BCUT2D eigenvalue weighted by Crippen LogP contribution is -2.14. The van der Waals surface area contributed by atoms with Gasteiger partial charge in [-0.15, -0.1) is 0 Å². The zero-order valence-electron chi connectivity index (χ0n) is 11.5. The summed E-state index contributed by atoms with van der Waals surface area (Å²) in [5, 5.41) is 3.30. The van der Waals surface area contributed by atoms with Crippen molar-refractivity contribution in [3.05, 3.63) is 58.1 Å². The summed E-state index contributed by atoms with van der Waals surface area (Å²) in [7, 11) is 0. The van der Waals surface area contributed by atoms with E-state index in [0.717, 1.165) is 5.56 Å². The number of halogens is 1. The van der Waals surface area contributed by atoms with E-state index in [4.69, 9.17) is 17.3 Å². The van der Waals surface area contributed by atoms with Gasteiger partial charge in [-0.25, -0.2) is 0 Å². The molecule has 2 rings (SSSR count). The summed E-state index contributed by atoms with van der Waals surface area (Å²) < 4.78 is 0. The fourth-order valence-electron chi connectivity index (χ4n) is 1.93. The van der Waals surface area contributed by atoms with E-state index in [1.807, 2.05) is 25.1 Å². The van der Waals surface area contributed by atoms with E-state index in [-0.39, 0.29) is 5.91 Å². The van der Waals surface area contributed by atoms with Gasteiger partial charge in [-0.2, -0.15) is 0 Å². The normalized spacial score (nSPS) is 10.3. The lowest BCUT2D eigenvalue weighted by Gasteiger charge is -2.08. The molecule has 0 atom stereocenters. The number of anilines is 2. The molecule has 0 unspecified atom stereocenters. The highest BCUT2D eigenvalue weighted by atomic mass is 35.5. The minimum Gasteiger partial charge on any atom is -0.397 e. The second-order valence-corrected chi connectivity index (χ2v) is 5.29. The van der Waals surface area contributed by atoms with E-state index in [1.165, 1.54) is 11.1 Å². The van der Waals surface area contributed by atoms with E-state index < -0.39 is 0 Å². The molecule has 2 aromatic carbocycles. The molecule has 1 amide bonds. The number of nitrogens with one attached hydrogen (secondary N) is 1. The Morgan fingerprint density at radius 3 is 2.55 bits per heavy atom. The molecule has 0 saturated carbocycles. The highest BCUT2D eigenvalue weighted by Gasteiger charge is 2.06. The average Bonchev–Trinajstić information content (AvgIpc) is 2.38. The molecule has 0 heterocycles. The fourth-order valence-corrected chi connectivity index (χ4v) is 2.04. The summed E-state index contributed by atoms with van der Waals surface area (Å²) in [4.78, 5) is 12.0. The molecule has 20 heavy (non-hydrogen) atoms. The third-order valence-electron chi connectivity index (χ3n) is 3.22. The number of nitrogens with two attached hydrogens (primary N) is 1. The first kappa shape index (κ1) is 14.4. The predicted octanol–water partition coefficient (Wildman–Crippen LogP) is 3.72. The van der Waals surface area contributed by atoms with Crippen LogP contribution in [0.15, 0.2) is 36.4 Å². The lowest BCUT2D eigenvalue weighted by atomic mass is 10.0. The number of rotatable bonds is 3. The van der Waals surface area contributed by atoms with Crippen molar-refractivity contribution in [2.45, 2.75) is 20.3 Å². The van der Waals surface area contributed by atoms with Crippen molar-refractivity contribution >= 4 is 28.9 Å². The maximum Gasteiger partial charge on any atom is 0.228 e. The molecule has 0 saturated heterocycles. The monoisotopic (exact) mass is 288 g/mol. The first-order valence-electron chi connectivity index (χ1n) is 6.36. The van der Waals surface area contributed by atoms with Crippen LogP contribution in [0.25, 0.3) is 0 Å². The van der Waals surface area contributed by atoms with Gasteiger partial charge in [0.1, 0.15) is 0 Å². The molecule has 3 nitrogen and oxygen atoms in total. The molecule has 0 aliphatic heterocycles. The van der Waals surface area contributed by atoms with E-state index in [9.17, 15) is 4.79 Å². The van der Waals surface area contributed by atoms with Crippen molar-refractivity contribution < 1.29 is 4.79 Å². The molecule has 0 aromatic heterocycles. The molecule has 0 radical (unpaired) electrons. The molecule has 0 fully saturated rings. The smallest absolute Gasteiger partial charge is 0.228 e. The van der Waals surface area contributed by atoms with Crippen LogP contribution in [0.3, 0.4) is 0 Å². The number of hydrogen-bond donors (Lipinski definition) is 2. The van der Waals surface area contributed by atoms with Crippen molar-refractivity contribution in [1.29, 1.82) is 0 Å². The summed E-state index contributed by atoms with van der Waals surface area (Å²) in [6, 6.07) is 11.1. The van der Waals surface area contributed by atoms with Crippen LogP contribution in [0.4, 0.5) is 11.4 Å². The van der Waals surface area contributed by atoms with Gasteiger partial charge in [-0.3, -0.25) is 4.79 Å². The minimum absolute atomic E-state index is 0.0741. The van der Waals surface area contributed by atoms with Crippen LogP contribution in [0.5, 0.6) is 0 Å². The summed E-state index contributed by atoms with van der Waals surface area (Å²) in [5.41, 5.74) is 10.2. The van der Waals surface area contributed by atoms with Gasteiger partial charge >= 0.3 is 0 Å². The Bertz CT molecular complexity index is 597. The fraction of sp³-hybridized carbons (Fsp3) is 0.188. The van der Waals surface area contributed by atoms with Gasteiger partial charge in [0.05, 0.1) is 17.1 Å². The standard InChI is InChI=1S/C16H17ClN2O/c1-10-3-4-12(7-11(10)2)8-16(20)19-13-5-6-14(17)15(18)9-13/h3-7,9H,8,18H2,1-2H3,(H,19,20). The Kier molecular flexibility index (Phi) is 4.30. The molecule has 104 valence electrons. The zero-order valence-corrected chi connectivity index (χ0v) is 12.3. The van der Waals surface area contributed by atoms with Crippen molar-refractivity contribution in [1.82, 2.24) is 0 Å². The van der Waals surface area contributed by atoms with Crippen LogP contribution in [0.1, 0.15) is 16.7 Å². The second kappa shape index (κ2) is 5.97. The number of nitrogen functional groups attached to an aromatic ring is 1. The quantitative estimate of drug-likeness (QED) is 0.846. The third-order valence-corrected chi connectivity index (χ3v) is 3.56. The van der Waals surface area contributed by atoms with E-state index in [0.29, 0.717) is 22.8 Å². The molecule has 2 aromatic rings. The maximum atomic E-state index is 12.0. The number of amides is 1. The van der Waals surface area contributed by atoms with Crippen molar-refractivity contribution in [3.63, 3.8) is 0 Å². The van der Waals surface area contributed by atoms with E-state index in [2.05, 4.69) is 12.2 Å². The molecule has 0 aliphatic rings. The van der Waals surface area contributed by atoms with E-state index >= 15 is 0 Å². The largest absolute Gasteiger partial charge is 0.397 e. The van der Waals surface area contributed by atoms with Crippen LogP contribution in [-0.2, 0) is 11.2 Å². The molecular formula is C16H17ClN2O. The van der Waals surface area contributed by atoms with E-state index in [1.54, 1.807) is 18.2 Å². The van der Waals surface area contributed by atoms with Crippen LogP contribution >= 0.6 is 11.6 Å². The molecule has 0 bridgehead atoms. The average molecular weight is 289 g/mol. The van der Waals surface area contributed by atoms with Crippen LogP contribution in [-0.4, -0.2) is 5.91 Å². The highest BCUT2D eigenvalue weighted by Crippen LogP contribution is 2.22. The van der Waals surface area contributed by atoms with Crippen molar-refractivity contribution in [3.8, 4) is 0 Å². The first-order chi connectivity index (χ1) is 9.45. The van der Waals surface area contributed by atoms with Crippen LogP contribution in [0, 0.1) is 13.8 Å². The number of hydrogen-bond acceptors (Lipinski definition) is 2. The van der Waals surface area contributed by atoms with Gasteiger partial charge in [-0.1, -0.05) is 29.8 Å². The molecule has 0 spiro atoms. The van der Waals surface area contributed by atoms with Gasteiger partial charge in [-0.05, 0) is 48.7 Å². The maximum absolute atomic E-state index is 12.0. The first-order valence-corrected chi connectivity index (χ1v) is 6.74. The Hall–Kier alpha value is -2.00. The zero-order chi connectivity index (χ0) is 14.7. The van der Waals surface area contributed by atoms with Gasteiger partial charge in [0.15, 0.2) is 0 Å². The minimum atomic E-state index is -0.0741. The molecule has 0 aliphatic carbocycles. The number of carbonyl (C=O) groups is 1. The summed E-state index contributed by atoms with van der Waals surface area (Å²) in [6.45, 7) is 4.09. The van der Waals surface area contributed by atoms with Crippen molar-refractivity contribution in [2.24, 2.45) is 0 Å². The van der Waals surface area contributed by atoms with Crippen molar-refractivity contribution in [2.75, 3.05) is 11.1 Å².